The van der Waals surface area contributed by atoms with Gasteiger partial charge in [0.05, 0.1) is 0 Å². The quantitative estimate of drug-likeness (QED) is 0.668. The number of thiazole rings is 1. The molecular formula is C13H16N4O2S. The van der Waals surface area contributed by atoms with E-state index in [9.17, 15) is 9.90 Å². The van der Waals surface area contributed by atoms with Crippen LogP contribution in [0.4, 0.5) is 10.9 Å². The van der Waals surface area contributed by atoms with E-state index >= 15 is 0 Å². The van der Waals surface area contributed by atoms with Crippen LogP contribution in [0.15, 0.2) is 24.3 Å². The van der Waals surface area contributed by atoms with Gasteiger partial charge in [0.1, 0.15) is 16.4 Å². The van der Waals surface area contributed by atoms with Gasteiger partial charge < -0.3 is 21.5 Å². The number of hydrogen-bond donors (Lipinski definition) is 4. The molecule has 1 amide bonds. The Morgan fingerprint density at radius 1 is 1.40 bits per heavy atom. The third-order valence-corrected chi connectivity index (χ3v) is 3.80. The molecule has 2 aromatic rings. The second kappa shape index (κ2) is 6.25. The molecule has 5 N–H and O–H groups in total. The van der Waals surface area contributed by atoms with Gasteiger partial charge in [-0.15, -0.1) is 0 Å². The summed E-state index contributed by atoms with van der Waals surface area (Å²) in [7, 11) is 1.73. The SMILES string of the molecule is CNc1nc(N)c(C(=O)NCCc2ccc(O)cc2)s1. The van der Waals surface area contributed by atoms with Crippen molar-refractivity contribution < 1.29 is 9.90 Å². The summed E-state index contributed by atoms with van der Waals surface area (Å²) in [5.41, 5.74) is 6.73. The fraction of sp³-hybridized carbons (Fsp3) is 0.231. The zero-order valence-electron chi connectivity index (χ0n) is 11.0. The molecule has 0 bridgehead atoms. The van der Waals surface area contributed by atoms with Crippen molar-refractivity contribution in [1.29, 1.82) is 0 Å². The van der Waals surface area contributed by atoms with E-state index in [1.807, 2.05) is 12.1 Å². The van der Waals surface area contributed by atoms with E-state index in [1.54, 1.807) is 19.2 Å². The predicted molar refractivity (Wildman–Crippen MR) is 80.2 cm³/mol. The largest absolute Gasteiger partial charge is 0.508 e. The summed E-state index contributed by atoms with van der Waals surface area (Å²) in [6.45, 7) is 0.496. The molecular weight excluding hydrogens is 276 g/mol. The molecule has 0 aliphatic heterocycles. The Kier molecular flexibility index (Phi) is 4.41. The van der Waals surface area contributed by atoms with Gasteiger partial charge in [-0.05, 0) is 24.1 Å². The standard InChI is InChI=1S/C13H16N4O2S/c1-15-13-17-11(14)10(20-13)12(19)16-7-6-8-2-4-9(18)5-3-8/h2-5,18H,6-7,14H2,1H3,(H,15,17)(H,16,19). The summed E-state index contributed by atoms with van der Waals surface area (Å²) in [5, 5.41) is 15.5. The normalized spacial score (nSPS) is 10.2. The first-order valence-corrected chi connectivity index (χ1v) is 6.92. The first kappa shape index (κ1) is 14.1. The van der Waals surface area contributed by atoms with Crippen molar-refractivity contribution in [2.24, 2.45) is 0 Å². The number of hydrogen-bond acceptors (Lipinski definition) is 6. The maximum Gasteiger partial charge on any atom is 0.265 e. The lowest BCUT2D eigenvalue weighted by atomic mass is 10.1. The van der Waals surface area contributed by atoms with Crippen LogP contribution in [0.3, 0.4) is 0 Å². The van der Waals surface area contributed by atoms with Crippen molar-refractivity contribution in [1.82, 2.24) is 10.3 Å². The van der Waals surface area contributed by atoms with Crippen LogP contribution in [0, 0.1) is 0 Å². The molecule has 6 nitrogen and oxygen atoms in total. The second-order valence-corrected chi connectivity index (χ2v) is 5.15. The summed E-state index contributed by atoms with van der Waals surface area (Å²) in [5.74, 6) is 0.247. The molecule has 0 fully saturated rings. The van der Waals surface area contributed by atoms with Crippen LogP contribution in [-0.2, 0) is 6.42 Å². The molecule has 20 heavy (non-hydrogen) atoms. The Morgan fingerprint density at radius 3 is 2.70 bits per heavy atom. The number of anilines is 2. The highest BCUT2D eigenvalue weighted by Crippen LogP contribution is 2.24. The Bertz CT molecular complexity index is 595. The highest BCUT2D eigenvalue weighted by atomic mass is 32.1. The molecule has 0 aliphatic carbocycles. The minimum Gasteiger partial charge on any atom is -0.508 e. The Hall–Kier alpha value is -2.28. The highest BCUT2D eigenvalue weighted by molar-refractivity contribution is 7.18. The molecule has 0 spiro atoms. The maximum absolute atomic E-state index is 12.0. The van der Waals surface area contributed by atoms with Crippen LogP contribution in [-0.4, -0.2) is 29.6 Å². The van der Waals surface area contributed by atoms with Crippen LogP contribution < -0.4 is 16.4 Å². The summed E-state index contributed by atoms with van der Waals surface area (Å²) < 4.78 is 0. The molecule has 1 aromatic heterocycles. The number of benzene rings is 1. The molecule has 0 aliphatic rings. The monoisotopic (exact) mass is 292 g/mol. The molecule has 0 atom stereocenters. The van der Waals surface area contributed by atoms with Crippen LogP contribution in [0.2, 0.25) is 0 Å². The third kappa shape index (κ3) is 3.39. The number of phenolic OH excluding ortho intramolecular Hbond substituents is 1. The van der Waals surface area contributed by atoms with Crippen molar-refractivity contribution in [2.75, 3.05) is 24.6 Å². The van der Waals surface area contributed by atoms with Crippen molar-refractivity contribution in [3.8, 4) is 5.75 Å². The van der Waals surface area contributed by atoms with Gasteiger partial charge in [0.2, 0.25) is 0 Å². The molecule has 0 radical (unpaired) electrons. The van der Waals surface area contributed by atoms with E-state index in [4.69, 9.17) is 5.73 Å². The van der Waals surface area contributed by atoms with Crippen molar-refractivity contribution in [3.05, 3.63) is 34.7 Å². The fourth-order valence-corrected chi connectivity index (χ4v) is 2.42. The lowest BCUT2D eigenvalue weighted by molar-refractivity contribution is 0.0959. The average molecular weight is 292 g/mol. The Labute approximate surface area is 120 Å². The number of aromatic nitrogens is 1. The number of nitrogens with two attached hydrogens (primary N) is 1. The van der Waals surface area contributed by atoms with E-state index in [-0.39, 0.29) is 17.5 Å². The van der Waals surface area contributed by atoms with E-state index in [0.29, 0.717) is 23.0 Å². The van der Waals surface area contributed by atoms with Gasteiger partial charge in [-0.25, -0.2) is 4.98 Å². The van der Waals surface area contributed by atoms with E-state index in [0.717, 1.165) is 5.56 Å². The van der Waals surface area contributed by atoms with Crippen LogP contribution in [0.5, 0.6) is 5.75 Å². The fourth-order valence-electron chi connectivity index (χ4n) is 1.66. The number of nitrogen functional groups attached to an aromatic ring is 1. The average Bonchev–Trinajstić information content (AvgIpc) is 2.82. The molecule has 1 heterocycles. The number of rotatable bonds is 5. The molecule has 7 heteroatoms. The van der Waals surface area contributed by atoms with Crippen molar-refractivity contribution >= 4 is 28.2 Å². The Morgan fingerprint density at radius 2 is 2.10 bits per heavy atom. The number of phenols is 1. The summed E-state index contributed by atoms with van der Waals surface area (Å²) >= 11 is 1.22. The lowest BCUT2D eigenvalue weighted by Gasteiger charge is -2.04. The minimum absolute atomic E-state index is 0.222. The van der Waals surface area contributed by atoms with E-state index in [2.05, 4.69) is 15.6 Å². The van der Waals surface area contributed by atoms with E-state index in [1.165, 1.54) is 11.3 Å². The first-order chi connectivity index (χ1) is 9.60. The van der Waals surface area contributed by atoms with Gasteiger partial charge in [-0.3, -0.25) is 4.79 Å². The van der Waals surface area contributed by atoms with Gasteiger partial charge in [-0.1, -0.05) is 23.5 Å². The van der Waals surface area contributed by atoms with Crippen LogP contribution in [0.1, 0.15) is 15.2 Å². The summed E-state index contributed by atoms with van der Waals surface area (Å²) in [4.78, 5) is 16.4. The molecule has 0 saturated carbocycles. The highest BCUT2D eigenvalue weighted by Gasteiger charge is 2.15. The topological polar surface area (TPSA) is 100 Å². The van der Waals surface area contributed by atoms with Crippen molar-refractivity contribution in [2.45, 2.75) is 6.42 Å². The van der Waals surface area contributed by atoms with Gasteiger partial charge >= 0.3 is 0 Å². The van der Waals surface area contributed by atoms with Gasteiger partial charge in [-0.2, -0.15) is 0 Å². The summed E-state index contributed by atoms with van der Waals surface area (Å²) in [6, 6.07) is 6.89. The number of nitrogens with zero attached hydrogens (tertiary/aromatic N) is 1. The number of nitrogens with one attached hydrogen (secondary N) is 2. The molecule has 2 rings (SSSR count). The molecule has 0 unspecified atom stereocenters. The zero-order chi connectivity index (χ0) is 14.5. The van der Waals surface area contributed by atoms with Crippen LogP contribution in [0.25, 0.3) is 0 Å². The van der Waals surface area contributed by atoms with Gasteiger partial charge in [0.25, 0.3) is 5.91 Å². The number of carbonyl (C=O) groups is 1. The van der Waals surface area contributed by atoms with E-state index < -0.39 is 0 Å². The number of amides is 1. The molecule has 1 aromatic carbocycles. The van der Waals surface area contributed by atoms with Crippen molar-refractivity contribution in [3.63, 3.8) is 0 Å². The molecule has 106 valence electrons. The lowest BCUT2D eigenvalue weighted by Crippen LogP contribution is -2.25. The third-order valence-electron chi connectivity index (χ3n) is 2.71. The minimum atomic E-state index is -0.222. The van der Waals surface area contributed by atoms with Crippen LogP contribution >= 0.6 is 11.3 Å². The smallest absolute Gasteiger partial charge is 0.265 e. The maximum atomic E-state index is 12.0. The number of carbonyl (C=O) groups excluding carboxylic acids is 1. The number of aromatic hydroxyl groups is 1. The second-order valence-electron chi connectivity index (χ2n) is 4.16. The Balaban J connectivity index is 1.88. The van der Waals surface area contributed by atoms with Gasteiger partial charge in [0, 0.05) is 13.6 Å². The van der Waals surface area contributed by atoms with Gasteiger partial charge in [0.15, 0.2) is 5.13 Å². The summed E-state index contributed by atoms with van der Waals surface area (Å²) in [6.07, 6.45) is 0.684. The zero-order valence-corrected chi connectivity index (χ0v) is 11.8. The molecule has 0 saturated heterocycles. The first-order valence-electron chi connectivity index (χ1n) is 6.10. The predicted octanol–water partition coefficient (Wildman–Crippen LogP) is 1.45.